The fourth-order valence-corrected chi connectivity index (χ4v) is 2.54. The Morgan fingerprint density at radius 2 is 1.92 bits per heavy atom. The molecule has 0 amide bonds. The van der Waals surface area contributed by atoms with Crippen LogP contribution in [-0.4, -0.2) is 25.0 Å². The fraction of sp³-hybridized carbons (Fsp3) is 0.250. The number of hydrogen-bond donors (Lipinski definition) is 1. The molecule has 0 spiro atoms. The first kappa shape index (κ1) is 17.8. The second kappa shape index (κ2) is 8.89. The van der Waals surface area contributed by atoms with Crippen molar-refractivity contribution >= 4 is 11.5 Å². The van der Waals surface area contributed by atoms with Crippen LogP contribution in [0.3, 0.4) is 0 Å². The average Bonchev–Trinajstić information content (AvgIpc) is 2.59. The summed E-state index contributed by atoms with van der Waals surface area (Å²) in [7, 11) is 1.55. The maximum Gasteiger partial charge on any atom is 0.328 e. The van der Waals surface area contributed by atoms with Crippen LogP contribution >= 0.6 is 0 Å². The number of methoxy groups -OCH3 is 1. The lowest BCUT2D eigenvalue weighted by Gasteiger charge is -2.15. The van der Waals surface area contributed by atoms with Crippen LogP contribution in [0.2, 0.25) is 0 Å². The maximum absolute atomic E-state index is 11.4. The molecule has 0 atom stereocenters. The predicted molar refractivity (Wildman–Crippen MR) is 94.1 cm³/mol. The molecular formula is C20H22O4. The van der Waals surface area contributed by atoms with Crippen LogP contribution in [-0.2, 0) is 16.0 Å². The van der Waals surface area contributed by atoms with Crippen molar-refractivity contribution in [2.75, 3.05) is 13.9 Å². The molecule has 0 saturated heterocycles. The largest absolute Gasteiger partial charge is 0.478 e. The Labute approximate surface area is 142 Å². The van der Waals surface area contributed by atoms with Gasteiger partial charge in [0.15, 0.2) is 6.79 Å². The molecule has 0 aliphatic heterocycles. The first-order chi connectivity index (χ1) is 11.7. The highest BCUT2D eigenvalue weighted by atomic mass is 16.7. The van der Waals surface area contributed by atoms with Gasteiger partial charge in [-0.1, -0.05) is 49.7 Å². The van der Waals surface area contributed by atoms with Gasteiger partial charge in [-0.25, -0.2) is 4.79 Å². The van der Waals surface area contributed by atoms with E-state index in [2.05, 4.69) is 6.92 Å². The third-order valence-electron chi connectivity index (χ3n) is 3.56. The first-order valence-electron chi connectivity index (χ1n) is 7.90. The van der Waals surface area contributed by atoms with E-state index in [1.165, 1.54) is 6.08 Å². The smallest absolute Gasteiger partial charge is 0.328 e. The normalized spacial score (nSPS) is 11.3. The summed E-state index contributed by atoms with van der Waals surface area (Å²) in [5.74, 6) is -0.388. The predicted octanol–water partition coefficient (Wildman–Crippen LogP) is 4.14. The van der Waals surface area contributed by atoms with Gasteiger partial charge in [-0.3, -0.25) is 0 Å². The lowest BCUT2D eigenvalue weighted by Crippen LogP contribution is -2.04. The number of aryl methyl sites for hydroxylation is 1. The molecule has 2 aromatic carbocycles. The van der Waals surface area contributed by atoms with Crippen LogP contribution in [0.5, 0.6) is 5.75 Å². The molecule has 0 heterocycles. The van der Waals surface area contributed by atoms with E-state index in [1.807, 2.05) is 48.5 Å². The summed E-state index contributed by atoms with van der Waals surface area (Å²) in [4.78, 5) is 11.4. The summed E-state index contributed by atoms with van der Waals surface area (Å²) in [5, 5.41) is 9.30. The second-order valence-corrected chi connectivity index (χ2v) is 5.39. The Balaban J connectivity index is 2.57. The molecule has 2 rings (SSSR count). The van der Waals surface area contributed by atoms with E-state index in [9.17, 15) is 9.90 Å². The van der Waals surface area contributed by atoms with Crippen LogP contribution in [0.15, 0.2) is 54.6 Å². The zero-order valence-electron chi connectivity index (χ0n) is 14.0. The Hall–Kier alpha value is -2.59. The third-order valence-corrected chi connectivity index (χ3v) is 3.56. The summed E-state index contributed by atoms with van der Waals surface area (Å²) in [6.45, 7) is 2.22. The maximum atomic E-state index is 11.4. The number of carboxylic acid groups (broad SMARTS) is 1. The molecule has 0 unspecified atom stereocenters. The topological polar surface area (TPSA) is 55.8 Å². The zero-order chi connectivity index (χ0) is 17.4. The molecular weight excluding hydrogens is 304 g/mol. The standard InChI is InChI=1S/C20H22O4/c1-3-7-15-10-11-19(24-14-23-2)18(12-15)17(13-20(21)22)16-8-5-4-6-9-16/h4-6,8-13H,3,7,14H2,1-2H3,(H,21,22)/b17-13+. The Kier molecular flexibility index (Phi) is 6.58. The van der Waals surface area contributed by atoms with Crippen molar-refractivity contribution in [2.24, 2.45) is 0 Å². The summed E-state index contributed by atoms with van der Waals surface area (Å²) >= 11 is 0. The molecule has 0 aromatic heterocycles. The first-order valence-corrected chi connectivity index (χ1v) is 7.90. The molecule has 0 bridgehead atoms. The van der Waals surface area contributed by atoms with Crippen LogP contribution in [0.4, 0.5) is 0 Å². The van der Waals surface area contributed by atoms with Crippen LogP contribution in [0.25, 0.3) is 5.57 Å². The van der Waals surface area contributed by atoms with Gasteiger partial charge in [-0.2, -0.15) is 0 Å². The van der Waals surface area contributed by atoms with Gasteiger partial charge in [0.25, 0.3) is 0 Å². The zero-order valence-corrected chi connectivity index (χ0v) is 14.0. The van der Waals surface area contributed by atoms with Gasteiger partial charge in [-0.05, 0) is 35.3 Å². The molecule has 0 aliphatic rings. The number of hydrogen-bond acceptors (Lipinski definition) is 3. The minimum absolute atomic E-state index is 0.106. The van der Waals surface area contributed by atoms with Crippen molar-refractivity contribution in [1.29, 1.82) is 0 Å². The van der Waals surface area contributed by atoms with Gasteiger partial charge in [0, 0.05) is 18.7 Å². The van der Waals surface area contributed by atoms with Gasteiger partial charge < -0.3 is 14.6 Å². The summed E-state index contributed by atoms with van der Waals surface area (Å²) in [5.41, 5.74) is 3.35. The number of carboxylic acids is 1. The Morgan fingerprint density at radius 3 is 2.54 bits per heavy atom. The highest BCUT2D eigenvalue weighted by Gasteiger charge is 2.14. The SMILES string of the molecule is CCCc1ccc(OCOC)c(/C(=C/C(=O)O)c2ccccc2)c1. The molecule has 126 valence electrons. The van der Waals surface area contributed by atoms with Crippen molar-refractivity contribution in [1.82, 2.24) is 0 Å². The van der Waals surface area contributed by atoms with Crippen molar-refractivity contribution in [2.45, 2.75) is 19.8 Å². The van der Waals surface area contributed by atoms with Gasteiger partial charge >= 0.3 is 5.97 Å². The second-order valence-electron chi connectivity index (χ2n) is 5.39. The lowest BCUT2D eigenvalue weighted by atomic mass is 9.94. The van der Waals surface area contributed by atoms with E-state index < -0.39 is 5.97 Å². The molecule has 0 radical (unpaired) electrons. The average molecular weight is 326 g/mol. The van der Waals surface area contributed by atoms with Crippen LogP contribution in [0.1, 0.15) is 30.0 Å². The summed E-state index contributed by atoms with van der Waals surface area (Å²) in [6.07, 6.45) is 3.16. The monoisotopic (exact) mass is 326 g/mol. The van der Waals surface area contributed by atoms with Gasteiger partial charge in [0.2, 0.25) is 0 Å². The fourth-order valence-electron chi connectivity index (χ4n) is 2.54. The van der Waals surface area contributed by atoms with E-state index in [0.29, 0.717) is 11.3 Å². The number of rotatable bonds is 8. The van der Waals surface area contributed by atoms with Crippen molar-refractivity contribution in [3.8, 4) is 5.75 Å². The molecule has 0 saturated carbocycles. The number of ether oxygens (including phenoxy) is 2. The minimum atomic E-state index is -0.993. The van der Waals surface area contributed by atoms with Crippen molar-refractivity contribution in [3.63, 3.8) is 0 Å². The molecule has 1 N–H and O–H groups in total. The molecule has 24 heavy (non-hydrogen) atoms. The van der Waals surface area contributed by atoms with Crippen molar-refractivity contribution < 1.29 is 19.4 Å². The number of aliphatic carboxylic acids is 1. The van der Waals surface area contributed by atoms with Crippen molar-refractivity contribution in [3.05, 3.63) is 71.3 Å². The summed E-state index contributed by atoms with van der Waals surface area (Å²) in [6, 6.07) is 15.3. The molecule has 0 aliphatic carbocycles. The Morgan fingerprint density at radius 1 is 1.17 bits per heavy atom. The van der Waals surface area contributed by atoms with E-state index in [1.54, 1.807) is 7.11 Å². The molecule has 4 nitrogen and oxygen atoms in total. The van der Waals surface area contributed by atoms with E-state index >= 15 is 0 Å². The van der Waals surface area contributed by atoms with Crippen LogP contribution < -0.4 is 4.74 Å². The van der Waals surface area contributed by atoms with E-state index in [0.717, 1.165) is 29.5 Å². The molecule has 2 aromatic rings. The van der Waals surface area contributed by atoms with Gasteiger partial charge in [-0.15, -0.1) is 0 Å². The van der Waals surface area contributed by atoms with Gasteiger partial charge in [0.05, 0.1) is 0 Å². The van der Waals surface area contributed by atoms with Gasteiger partial charge in [0.1, 0.15) is 5.75 Å². The summed E-state index contributed by atoms with van der Waals surface area (Å²) < 4.78 is 10.6. The third kappa shape index (κ3) is 4.70. The van der Waals surface area contributed by atoms with E-state index in [-0.39, 0.29) is 6.79 Å². The highest BCUT2D eigenvalue weighted by Crippen LogP contribution is 2.32. The Bertz CT molecular complexity index is 705. The van der Waals surface area contributed by atoms with Crippen LogP contribution in [0, 0.1) is 0 Å². The quantitative estimate of drug-likeness (QED) is 0.585. The molecule has 4 heteroatoms. The number of carbonyl (C=O) groups is 1. The minimum Gasteiger partial charge on any atom is -0.478 e. The lowest BCUT2D eigenvalue weighted by molar-refractivity contribution is -0.131. The van der Waals surface area contributed by atoms with E-state index in [4.69, 9.17) is 9.47 Å². The highest BCUT2D eigenvalue weighted by molar-refractivity contribution is 5.96. The number of benzene rings is 2. The molecule has 0 fully saturated rings.